The molecule has 182 valence electrons. The van der Waals surface area contributed by atoms with Crippen molar-refractivity contribution < 1.29 is 22.7 Å². The zero-order chi connectivity index (χ0) is 25.0. The van der Waals surface area contributed by atoms with E-state index in [2.05, 4.69) is 15.3 Å². The van der Waals surface area contributed by atoms with Gasteiger partial charge in [0.2, 0.25) is 0 Å². The molecule has 2 aromatic heterocycles. The summed E-state index contributed by atoms with van der Waals surface area (Å²) in [5.74, 6) is -0.528. The lowest BCUT2D eigenvalue weighted by molar-refractivity contribution is 0.0775. The molecular formula is C24H26F4N4O2. The van der Waals surface area contributed by atoms with Crippen molar-refractivity contribution in [2.45, 2.75) is 64.1 Å². The van der Waals surface area contributed by atoms with Gasteiger partial charge < -0.3 is 15.0 Å². The van der Waals surface area contributed by atoms with Crippen LogP contribution in [0, 0.1) is 12.7 Å². The summed E-state index contributed by atoms with van der Waals surface area (Å²) < 4.78 is 56.3. The van der Waals surface area contributed by atoms with Gasteiger partial charge >= 0.3 is 0 Å². The van der Waals surface area contributed by atoms with E-state index in [1.807, 2.05) is 0 Å². The molecule has 1 atom stereocenters. The molecule has 3 aromatic rings. The van der Waals surface area contributed by atoms with Crippen molar-refractivity contribution in [3.8, 4) is 0 Å². The number of anilines is 1. The maximum atomic E-state index is 14.7. The fraction of sp³-hybridized carbons (Fsp3) is 0.458. The second kappa shape index (κ2) is 8.33. The number of rotatable bonds is 7. The number of aromatic nitrogens is 3. The summed E-state index contributed by atoms with van der Waals surface area (Å²) in [6.07, 6.45) is -0.566. The molecule has 4 rings (SSSR count). The third kappa shape index (κ3) is 4.04. The number of alkyl halides is 3. The van der Waals surface area contributed by atoms with Crippen LogP contribution >= 0.6 is 0 Å². The molecule has 34 heavy (non-hydrogen) atoms. The molecule has 1 aliphatic rings. The Hall–Kier alpha value is -3.01. The van der Waals surface area contributed by atoms with Gasteiger partial charge in [0.1, 0.15) is 24.1 Å². The molecule has 0 amide bonds. The van der Waals surface area contributed by atoms with Crippen LogP contribution in [-0.4, -0.2) is 26.3 Å². The van der Waals surface area contributed by atoms with Crippen LogP contribution in [0.5, 0.6) is 0 Å². The number of halogens is 4. The maximum absolute atomic E-state index is 14.7. The second-order valence-corrected chi connectivity index (χ2v) is 9.40. The molecule has 1 saturated carbocycles. The molecule has 6 nitrogen and oxygen atoms in total. The Kier molecular flexibility index (Phi) is 5.91. The fourth-order valence-corrected chi connectivity index (χ4v) is 4.25. The topological polar surface area (TPSA) is 80.0 Å². The molecule has 0 unspecified atom stereocenters. The minimum atomic E-state index is -2.96. The molecule has 2 heterocycles. The highest BCUT2D eigenvalue weighted by Crippen LogP contribution is 2.44. The van der Waals surface area contributed by atoms with E-state index in [9.17, 15) is 27.5 Å². The van der Waals surface area contributed by atoms with E-state index in [1.54, 1.807) is 13.8 Å². The lowest BCUT2D eigenvalue weighted by Crippen LogP contribution is -2.38. The first-order valence-electron chi connectivity index (χ1n) is 11.0. The Bertz CT molecular complexity index is 1310. The van der Waals surface area contributed by atoms with Crippen LogP contribution in [-0.2, 0) is 11.1 Å². The zero-order valence-electron chi connectivity index (χ0n) is 19.3. The molecular weight excluding hydrogens is 452 g/mol. The number of hydrogen-bond acceptors (Lipinski definition) is 5. The van der Waals surface area contributed by atoms with Crippen molar-refractivity contribution in [2.24, 2.45) is 0 Å². The van der Waals surface area contributed by atoms with E-state index in [1.165, 1.54) is 36.7 Å². The largest absolute Gasteiger partial charge is 0.385 e. The standard InChI is InChI=1S/C24H26F4N4O2/c1-12(14-6-5-7-15(18(14)26)20(27)28)29-21-16-10-32(24(11-25)8-9-24)22(33)17(23(3,4)34)19(16)30-13(2)31-21/h5-7,10,12,20,34H,8-9,11H2,1-4H3,(H,29,30,31)/t12-/m1/s1. The van der Waals surface area contributed by atoms with Crippen LogP contribution < -0.4 is 10.9 Å². The molecule has 10 heteroatoms. The Morgan fingerprint density at radius 2 is 1.88 bits per heavy atom. The highest BCUT2D eigenvalue weighted by molar-refractivity contribution is 5.91. The van der Waals surface area contributed by atoms with Crippen LogP contribution in [0.4, 0.5) is 23.4 Å². The normalized spacial score (nSPS) is 16.2. The van der Waals surface area contributed by atoms with Gasteiger partial charge in [0.25, 0.3) is 12.0 Å². The summed E-state index contributed by atoms with van der Waals surface area (Å²) in [5.41, 5.74) is -3.62. The lowest BCUT2D eigenvalue weighted by atomic mass is 9.96. The minimum absolute atomic E-state index is 0.00296. The first kappa shape index (κ1) is 24.1. The van der Waals surface area contributed by atoms with Crippen molar-refractivity contribution in [3.63, 3.8) is 0 Å². The lowest BCUT2D eigenvalue weighted by Gasteiger charge is -2.25. The number of pyridine rings is 1. The molecule has 0 aliphatic heterocycles. The van der Waals surface area contributed by atoms with Crippen molar-refractivity contribution in [3.05, 3.63) is 63.1 Å². The minimum Gasteiger partial charge on any atom is -0.385 e. The highest BCUT2D eigenvalue weighted by atomic mass is 19.3. The molecule has 1 aliphatic carbocycles. The number of nitrogens with zero attached hydrogens (tertiary/aromatic N) is 3. The molecule has 1 fully saturated rings. The van der Waals surface area contributed by atoms with Crippen LogP contribution in [0.3, 0.4) is 0 Å². The van der Waals surface area contributed by atoms with Crippen molar-refractivity contribution in [1.29, 1.82) is 0 Å². The number of nitrogens with one attached hydrogen (secondary N) is 1. The Labute approximate surface area is 193 Å². The quantitative estimate of drug-likeness (QED) is 0.466. The number of benzene rings is 1. The summed E-state index contributed by atoms with van der Waals surface area (Å²) in [6.45, 7) is 5.33. The highest BCUT2D eigenvalue weighted by Gasteiger charge is 2.47. The number of fused-ring (bicyclic) bond motifs is 1. The maximum Gasteiger partial charge on any atom is 0.266 e. The van der Waals surface area contributed by atoms with Crippen LogP contribution in [0.15, 0.2) is 29.2 Å². The van der Waals surface area contributed by atoms with Crippen molar-refractivity contribution in [1.82, 2.24) is 14.5 Å². The third-order valence-electron chi connectivity index (χ3n) is 6.30. The predicted molar refractivity (Wildman–Crippen MR) is 120 cm³/mol. The van der Waals surface area contributed by atoms with Crippen LogP contribution in [0.25, 0.3) is 10.9 Å². The molecule has 0 radical (unpaired) electrons. The smallest absolute Gasteiger partial charge is 0.266 e. The van der Waals surface area contributed by atoms with Crippen molar-refractivity contribution >= 4 is 16.7 Å². The van der Waals surface area contributed by atoms with Gasteiger partial charge in [-0.25, -0.2) is 27.5 Å². The fourth-order valence-electron chi connectivity index (χ4n) is 4.25. The number of aryl methyl sites for hydroxylation is 1. The Morgan fingerprint density at radius 1 is 1.24 bits per heavy atom. The summed E-state index contributed by atoms with van der Waals surface area (Å²) in [6, 6.07) is 3.00. The first-order valence-corrected chi connectivity index (χ1v) is 11.0. The van der Waals surface area contributed by atoms with E-state index in [-0.39, 0.29) is 28.3 Å². The van der Waals surface area contributed by atoms with Crippen LogP contribution in [0.1, 0.15) is 68.6 Å². The third-order valence-corrected chi connectivity index (χ3v) is 6.30. The average Bonchev–Trinajstić information content (AvgIpc) is 3.53. The van der Waals surface area contributed by atoms with Gasteiger partial charge in [0, 0.05) is 11.8 Å². The Morgan fingerprint density at radius 3 is 2.44 bits per heavy atom. The van der Waals surface area contributed by atoms with E-state index in [0.29, 0.717) is 18.2 Å². The van der Waals surface area contributed by atoms with Crippen LogP contribution in [0.2, 0.25) is 0 Å². The number of aliphatic hydroxyl groups is 1. The summed E-state index contributed by atoms with van der Waals surface area (Å²) in [4.78, 5) is 22.1. The molecule has 1 aromatic carbocycles. The second-order valence-electron chi connectivity index (χ2n) is 9.40. The summed E-state index contributed by atoms with van der Waals surface area (Å²) in [5, 5.41) is 14.2. The monoisotopic (exact) mass is 478 g/mol. The molecule has 0 spiro atoms. The summed E-state index contributed by atoms with van der Waals surface area (Å²) in [7, 11) is 0. The molecule has 0 saturated heterocycles. The first-order chi connectivity index (χ1) is 15.9. The van der Waals surface area contributed by atoms with Gasteiger partial charge in [-0.15, -0.1) is 0 Å². The van der Waals surface area contributed by atoms with Gasteiger partial charge in [0.15, 0.2) is 0 Å². The average molecular weight is 478 g/mol. The van der Waals surface area contributed by atoms with Gasteiger partial charge in [-0.1, -0.05) is 18.2 Å². The van der Waals surface area contributed by atoms with Gasteiger partial charge in [0.05, 0.1) is 39.2 Å². The van der Waals surface area contributed by atoms with E-state index in [4.69, 9.17) is 0 Å². The Balaban J connectivity index is 1.92. The van der Waals surface area contributed by atoms with Gasteiger partial charge in [-0.05, 0) is 40.5 Å². The molecule has 2 N–H and O–H groups in total. The zero-order valence-corrected chi connectivity index (χ0v) is 19.3. The van der Waals surface area contributed by atoms with Gasteiger partial charge in [-0.2, -0.15) is 0 Å². The van der Waals surface area contributed by atoms with E-state index in [0.717, 1.165) is 6.07 Å². The van der Waals surface area contributed by atoms with E-state index >= 15 is 0 Å². The SMILES string of the molecule is Cc1nc(N[C@H](C)c2cccc(C(F)F)c2F)c2cn(C3(CF)CC3)c(=O)c(C(C)(C)O)c2n1. The van der Waals surface area contributed by atoms with Gasteiger partial charge in [-0.3, -0.25) is 4.79 Å². The van der Waals surface area contributed by atoms with E-state index < -0.39 is 47.2 Å². The summed E-state index contributed by atoms with van der Waals surface area (Å²) >= 11 is 0. The molecule has 0 bridgehead atoms. The number of hydrogen-bond donors (Lipinski definition) is 2. The predicted octanol–water partition coefficient (Wildman–Crippen LogP) is 5.04. The van der Waals surface area contributed by atoms with Crippen molar-refractivity contribution in [2.75, 3.05) is 12.0 Å².